The van der Waals surface area contributed by atoms with Gasteiger partial charge in [-0.3, -0.25) is 4.90 Å². The van der Waals surface area contributed by atoms with Gasteiger partial charge in [0.1, 0.15) is 6.04 Å². The summed E-state index contributed by atoms with van der Waals surface area (Å²) in [6.45, 7) is 2.18. The van der Waals surface area contributed by atoms with E-state index in [2.05, 4.69) is 0 Å². The molecule has 0 aromatic heterocycles. The molecule has 1 aliphatic heterocycles. The van der Waals surface area contributed by atoms with E-state index in [1.165, 1.54) is 24.2 Å². The van der Waals surface area contributed by atoms with Crippen LogP contribution in [0.4, 0.5) is 13.2 Å². The number of unbranched alkanes of at least 4 members (excludes halogenated alkanes) is 1. The molecular weight excluding hydrogens is 305 g/mol. The zero-order chi connectivity index (χ0) is 16.9. The maximum absolute atomic E-state index is 13.0. The topological polar surface area (TPSA) is 15.7 Å². The number of nitrogens with zero attached hydrogens (tertiary/aromatic N) is 2. The third-order valence-corrected chi connectivity index (χ3v) is 5.57. The van der Waals surface area contributed by atoms with Crippen LogP contribution in [0.15, 0.2) is 0 Å². The van der Waals surface area contributed by atoms with Crippen molar-refractivity contribution in [2.45, 2.75) is 63.3 Å². The number of hydrogen-bond donors (Lipinski definition) is 0. The largest absolute Gasteiger partial charge is 0.405 e. The van der Waals surface area contributed by atoms with Crippen molar-refractivity contribution in [1.29, 1.82) is 0 Å². The Kier molecular flexibility index (Phi) is 7.17. The summed E-state index contributed by atoms with van der Waals surface area (Å²) in [6, 6.07) is -1.31. The van der Waals surface area contributed by atoms with E-state index >= 15 is 0 Å². The number of hydrogen-bond acceptors (Lipinski definition) is 3. The molecule has 0 aromatic rings. The number of alkyl halides is 3. The predicted molar refractivity (Wildman–Crippen MR) is 85.5 cm³/mol. The lowest BCUT2D eigenvalue weighted by Gasteiger charge is -2.40. The quantitative estimate of drug-likeness (QED) is 0.690. The van der Waals surface area contributed by atoms with Gasteiger partial charge in [0, 0.05) is 26.7 Å². The second-order valence-corrected chi connectivity index (χ2v) is 7.21. The van der Waals surface area contributed by atoms with Gasteiger partial charge in [-0.05, 0) is 51.6 Å². The molecule has 0 radical (unpaired) electrons. The summed E-state index contributed by atoms with van der Waals surface area (Å²) in [4.78, 5) is 3.42. The Morgan fingerprint density at radius 1 is 1.04 bits per heavy atom. The molecule has 3 nitrogen and oxygen atoms in total. The fourth-order valence-corrected chi connectivity index (χ4v) is 3.91. The fraction of sp³-hybridized carbons (Fsp3) is 1.00. The van der Waals surface area contributed by atoms with Gasteiger partial charge in [0.25, 0.3) is 0 Å². The average molecular weight is 336 g/mol. The van der Waals surface area contributed by atoms with Crippen molar-refractivity contribution in [2.24, 2.45) is 5.92 Å². The van der Waals surface area contributed by atoms with Gasteiger partial charge in [-0.1, -0.05) is 12.8 Å². The van der Waals surface area contributed by atoms with E-state index in [-0.39, 0.29) is 6.54 Å². The molecule has 2 fully saturated rings. The highest BCUT2D eigenvalue weighted by Crippen LogP contribution is 2.30. The number of halogens is 3. The van der Waals surface area contributed by atoms with Gasteiger partial charge in [0.05, 0.1) is 6.10 Å². The first-order valence-electron chi connectivity index (χ1n) is 8.92. The van der Waals surface area contributed by atoms with E-state index in [4.69, 9.17) is 4.74 Å². The van der Waals surface area contributed by atoms with Crippen LogP contribution in [0.1, 0.15) is 44.9 Å². The Labute approximate surface area is 138 Å². The third-order valence-electron chi connectivity index (χ3n) is 5.57. The zero-order valence-electron chi connectivity index (χ0n) is 14.4. The second kappa shape index (κ2) is 8.67. The molecule has 0 aromatic carbocycles. The minimum atomic E-state index is -4.12. The molecule has 0 spiro atoms. The molecule has 0 bridgehead atoms. The van der Waals surface area contributed by atoms with Crippen molar-refractivity contribution in [1.82, 2.24) is 9.80 Å². The monoisotopic (exact) mass is 336 g/mol. The summed E-state index contributed by atoms with van der Waals surface area (Å²) in [5.41, 5.74) is 0. The summed E-state index contributed by atoms with van der Waals surface area (Å²) in [5, 5.41) is 0. The minimum Gasteiger partial charge on any atom is -0.381 e. The summed E-state index contributed by atoms with van der Waals surface area (Å²) in [7, 11) is 3.36. The van der Waals surface area contributed by atoms with Crippen molar-refractivity contribution >= 4 is 0 Å². The molecule has 1 saturated heterocycles. The number of likely N-dealkylation sites (N-methyl/N-ethyl adjacent to an activating group) is 1. The van der Waals surface area contributed by atoms with E-state index in [0.717, 1.165) is 44.7 Å². The van der Waals surface area contributed by atoms with Crippen molar-refractivity contribution in [3.63, 3.8) is 0 Å². The van der Waals surface area contributed by atoms with Crippen molar-refractivity contribution < 1.29 is 17.9 Å². The summed E-state index contributed by atoms with van der Waals surface area (Å²) in [5.74, 6) is 0.789. The van der Waals surface area contributed by atoms with E-state index in [0.29, 0.717) is 12.6 Å². The van der Waals surface area contributed by atoms with Gasteiger partial charge < -0.3 is 9.64 Å². The Bertz CT molecular complexity index is 343. The molecule has 0 N–H and O–H groups in total. The number of ether oxygens (including phenoxy) is 1. The molecule has 136 valence electrons. The number of piperazine rings is 1. The van der Waals surface area contributed by atoms with Crippen molar-refractivity contribution in [3.05, 3.63) is 0 Å². The molecule has 1 saturated carbocycles. The van der Waals surface area contributed by atoms with Gasteiger partial charge in [0.15, 0.2) is 0 Å². The molecule has 6 heteroatoms. The Balaban J connectivity index is 1.61. The third kappa shape index (κ3) is 5.91. The van der Waals surface area contributed by atoms with Crippen LogP contribution in [0.25, 0.3) is 0 Å². The first-order valence-corrected chi connectivity index (χ1v) is 8.92. The highest BCUT2D eigenvalue weighted by Gasteiger charge is 2.44. The van der Waals surface area contributed by atoms with Crippen LogP contribution < -0.4 is 0 Å². The molecule has 1 atom stereocenters. The average Bonchev–Trinajstić information content (AvgIpc) is 2.52. The Morgan fingerprint density at radius 2 is 1.74 bits per heavy atom. The Morgan fingerprint density at radius 3 is 2.35 bits per heavy atom. The molecule has 1 heterocycles. The molecule has 0 amide bonds. The minimum absolute atomic E-state index is 0.124. The molecule has 1 aliphatic carbocycles. The van der Waals surface area contributed by atoms with Crippen LogP contribution in [-0.4, -0.2) is 68.5 Å². The Hall–Kier alpha value is -0.330. The van der Waals surface area contributed by atoms with Gasteiger partial charge in [-0.15, -0.1) is 0 Å². The summed E-state index contributed by atoms with van der Waals surface area (Å²) >= 11 is 0. The molecular formula is C17H31F3N2O. The SMILES string of the molecule is CO[C@H]1CC[C@H](CCCCN2CCN(C)[C@@H](C(F)(F)F)C2)CC1. The molecule has 0 unspecified atom stereocenters. The molecule has 2 aliphatic rings. The van der Waals surface area contributed by atoms with Crippen LogP contribution in [-0.2, 0) is 4.74 Å². The fourth-order valence-electron chi connectivity index (χ4n) is 3.91. The van der Waals surface area contributed by atoms with Gasteiger partial charge >= 0.3 is 6.18 Å². The zero-order valence-corrected chi connectivity index (χ0v) is 14.4. The summed E-state index contributed by atoms with van der Waals surface area (Å²) < 4.78 is 44.3. The highest BCUT2D eigenvalue weighted by atomic mass is 19.4. The van der Waals surface area contributed by atoms with Crippen LogP contribution in [0.5, 0.6) is 0 Å². The predicted octanol–water partition coefficient (Wildman–Crippen LogP) is 3.54. The number of rotatable bonds is 6. The molecule has 2 rings (SSSR count). The molecule has 23 heavy (non-hydrogen) atoms. The van der Waals surface area contributed by atoms with Gasteiger partial charge in [-0.2, -0.15) is 13.2 Å². The maximum atomic E-state index is 13.0. The maximum Gasteiger partial charge on any atom is 0.405 e. The first kappa shape index (κ1) is 19.0. The first-order chi connectivity index (χ1) is 10.9. The standard InChI is InChI=1S/C17H31F3N2O/c1-21-11-12-22(13-16(21)17(18,19)20)10-4-3-5-14-6-8-15(23-2)9-7-14/h14-16H,3-13H2,1-2H3/t14-,15-,16-/m1/s1. The highest BCUT2D eigenvalue weighted by molar-refractivity contribution is 4.85. The number of methoxy groups -OCH3 is 1. The van der Waals surface area contributed by atoms with E-state index in [1.54, 1.807) is 14.2 Å². The lowest BCUT2D eigenvalue weighted by molar-refractivity contribution is -0.193. The van der Waals surface area contributed by atoms with Crippen LogP contribution in [0.2, 0.25) is 0 Å². The van der Waals surface area contributed by atoms with E-state index in [1.807, 2.05) is 4.90 Å². The van der Waals surface area contributed by atoms with Crippen molar-refractivity contribution in [3.8, 4) is 0 Å². The summed E-state index contributed by atoms with van der Waals surface area (Å²) in [6.07, 6.45) is 4.48. The van der Waals surface area contributed by atoms with Crippen LogP contribution >= 0.6 is 0 Å². The van der Waals surface area contributed by atoms with Gasteiger partial charge in [0.2, 0.25) is 0 Å². The van der Waals surface area contributed by atoms with Gasteiger partial charge in [-0.25, -0.2) is 0 Å². The van der Waals surface area contributed by atoms with Crippen molar-refractivity contribution in [2.75, 3.05) is 40.3 Å². The smallest absolute Gasteiger partial charge is 0.381 e. The lowest BCUT2D eigenvalue weighted by Crippen LogP contribution is -2.57. The second-order valence-electron chi connectivity index (χ2n) is 7.21. The normalized spacial score (nSPS) is 31.4. The van der Waals surface area contributed by atoms with E-state index < -0.39 is 12.2 Å². The lowest BCUT2D eigenvalue weighted by atomic mass is 9.84. The van der Waals surface area contributed by atoms with Crippen LogP contribution in [0.3, 0.4) is 0 Å². The van der Waals surface area contributed by atoms with E-state index in [9.17, 15) is 13.2 Å². The van der Waals surface area contributed by atoms with Crippen LogP contribution in [0, 0.1) is 5.92 Å².